The number of anilines is 1. The van der Waals surface area contributed by atoms with E-state index in [-0.39, 0.29) is 17.1 Å². The number of rotatable bonds is 4. The molecule has 0 aromatic carbocycles. The highest BCUT2D eigenvalue weighted by atomic mass is 32.2. The summed E-state index contributed by atoms with van der Waals surface area (Å²) >= 11 is 1.45. The van der Waals surface area contributed by atoms with Crippen molar-refractivity contribution in [2.45, 2.75) is 24.3 Å². The summed E-state index contributed by atoms with van der Waals surface area (Å²) < 4.78 is 6.37. The zero-order valence-electron chi connectivity index (χ0n) is 9.80. The molecule has 1 aromatic rings. The summed E-state index contributed by atoms with van der Waals surface area (Å²) in [7, 11) is 3.17. The highest BCUT2D eigenvalue weighted by molar-refractivity contribution is 7.99. The Hall–Kier alpha value is -1.24. The van der Waals surface area contributed by atoms with Crippen molar-refractivity contribution in [1.29, 1.82) is 0 Å². The molecule has 2 unspecified atom stereocenters. The van der Waals surface area contributed by atoms with Gasteiger partial charge in [-0.3, -0.25) is 9.36 Å². The van der Waals surface area contributed by atoms with E-state index < -0.39 is 0 Å². The van der Waals surface area contributed by atoms with E-state index in [9.17, 15) is 4.79 Å². The van der Waals surface area contributed by atoms with Crippen molar-refractivity contribution in [3.63, 3.8) is 0 Å². The number of nitrogens with two attached hydrogens (primary N) is 1. The molecule has 6 nitrogen and oxygen atoms in total. The van der Waals surface area contributed by atoms with E-state index in [0.717, 1.165) is 0 Å². The third-order valence-electron chi connectivity index (χ3n) is 2.44. The van der Waals surface area contributed by atoms with Crippen molar-refractivity contribution in [2.24, 2.45) is 13.0 Å². The van der Waals surface area contributed by atoms with Gasteiger partial charge < -0.3 is 10.5 Å². The normalized spacial score (nSPS) is 14.5. The molecule has 2 atom stereocenters. The van der Waals surface area contributed by atoms with Crippen molar-refractivity contribution in [3.8, 4) is 0 Å². The third-order valence-corrected chi connectivity index (χ3v) is 3.78. The second-order valence-electron chi connectivity index (χ2n) is 3.53. The SMILES string of the molecule is COC(=O)C(C)C(C)Sc1nnc(N)n1C. The largest absolute Gasteiger partial charge is 0.469 e. The van der Waals surface area contributed by atoms with Gasteiger partial charge in [0.1, 0.15) is 0 Å². The van der Waals surface area contributed by atoms with Crippen molar-refractivity contribution >= 4 is 23.7 Å². The van der Waals surface area contributed by atoms with Crippen LogP contribution in [0.1, 0.15) is 13.8 Å². The maximum Gasteiger partial charge on any atom is 0.309 e. The van der Waals surface area contributed by atoms with E-state index in [2.05, 4.69) is 14.9 Å². The van der Waals surface area contributed by atoms with Gasteiger partial charge in [-0.2, -0.15) is 0 Å². The molecule has 0 saturated heterocycles. The molecule has 0 amide bonds. The minimum atomic E-state index is -0.227. The molecule has 0 aliphatic carbocycles. The molecule has 0 aliphatic rings. The summed E-state index contributed by atoms with van der Waals surface area (Å²) in [5.41, 5.74) is 5.56. The van der Waals surface area contributed by atoms with Gasteiger partial charge in [-0.05, 0) is 0 Å². The van der Waals surface area contributed by atoms with Crippen LogP contribution in [0.4, 0.5) is 5.95 Å². The topological polar surface area (TPSA) is 83.0 Å². The highest BCUT2D eigenvalue weighted by Gasteiger charge is 2.23. The molecule has 16 heavy (non-hydrogen) atoms. The Bertz CT molecular complexity index is 380. The Kier molecular flexibility index (Phi) is 4.17. The molecule has 0 bridgehead atoms. The summed E-state index contributed by atoms with van der Waals surface area (Å²) in [6.45, 7) is 3.76. The molecule has 90 valence electrons. The minimum Gasteiger partial charge on any atom is -0.469 e. The number of carbonyl (C=O) groups is 1. The molecule has 2 N–H and O–H groups in total. The van der Waals surface area contributed by atoms with Crippen LogP contribution in [0, 0.1) is 5.92 Å². The zero-order valence-corrected chi connectivity index (χ0v) is 10.6. The van der Waals surface area contributed by atoms with Crippen LogP contribution in [0.3, 0.4) is 0 Å². The van der Waals surface area contributed by atoms with Crippen LogP contribution in [0.25, 0.3) is 0 Å². The predicted molar refractivity (Wildman–Crippen MR) is 61.9 cm³/mol. The quantitative estimate of drug-likeness (QED) is 0.619. The van der Waals surface area contributed by atoms with Crippen molar-refractivity contribution in [1.82, 2.24) is 14.8 Å². The smallest absolute Gasteiger partial charge is 0.309 e. The number of nitrogen functional groups attached to an aromatic ring is 1. The number of methoxy groups -OCH3 is 1. The third kappa shape index (κ3) is 2.66. The first-order valence-corrected chi connectivity index (χ1v) is 5.74. The fourth-order valence-electron chi connectivity index (χ4n) is 1.07. The lowest BCUT2D eigenvalue weighted by atomic mass is 10.1. The number of carbonyl (C=O) groups excluding carboxylic acids is 1. The Morgan fingerprint density at radius 1 is 1.50 bits per heavy atom. The molecular weight excluding hydrogens is 228 g/mol. The van der Waals surface area contributed by atoms with E-state index in [0.29, 0.717) is 11.1 Å². The fourth-order valence-corrected chi connectivity index (χ4v) is 2.06. The molecule has 0 radical (unpaired) electrons. The maximum atomic E-state index is 11.3. The monoisotopic (exact) mass is 244 g/mol. The Morgan fingerprint density at radius 2 is 2.12 bits per heavy atom. The lowest BCUT2D eigenvalue weighted by Crippen LogP contribution is -2.22. The molecule has 0 spiro atoms. The molecule has 0 fully saturated rings. The van der Waals surface area contributed by atoms with E-state index in [1.807, 2.05) is 13.8 Å². The fraction of sp³-hybridized carbons (Fsp3) is 0.667. The predicted octanol–water partition coefficient (Wildman–Crippen LogP) is 0.687. The first-order chi connectivity index (χ1) is 7.47. The summed E-state index contributed by atoms with van der Waals surface area (Å²) in [4.78, 5) is 11.3. The summed E-state index contributed by atoms with van der Waals surface area (Å²) in [5, 5.41) is 8.41. The van der Waals surface area contributed by atoms with Crippen LogP contribution >= 0.6 is 11.8 Å². The average molecular weight is 244 g/mol. The van der Waals surface area contributed by atoms with Gasteiger partial charge in [-0.15, -0.1) is 10.2 Å². The van der Waals surface area contributed by atoms with Gasteiger partial charge in [-0.25, -0.2) is 0 Å². The minimum absolute atomic E-state index is 0.0507. The van der Waals surface area contributed by atoms with Gasteiger partial charge in [-0.1, -0.05) is 25.6 Å². The van der Waals surface area contributed by atoms with E-state index in [4.69, 9.17) is 5.73 Å². The summed E-state index contributed by atoms with van der Waals surface area (Å²) in [6.07, 6.45) is 0. The average Bonchev–Trinajstić information content (AvgIpc) is 2.58. The van der Waals surface area contributed by atoms with Gasteiger partial charge in [0, 0.05) is 12.3 Å². The molecule has 0 saturated carbocycles. The van der Waals surface area contributed by atoms with Gasteiger partial charge in [0.15, 0.2) is 5.16 Å². The zero-order chi connectivity index (χ0) is 12.3. The number of aromatic nitrogens is 3. The van der Waals surface area contributed by atoms with Crippen LogP contribution in [0.15, 0.2) is 5.16 Å². The number of hydrogen-bond acceptors (Lipinski definition) is 6. The summed E-state index contributed by atoms with van der Waals surface area (Å²) in [5.74, 6) is -0.0662. The number of hydrogen-bond donors (Lipinski definition) is 1. The van der Waals surface area contributed by atoms with Crippen molar-refractivity contribution in [3.05, 3.63) is 0 Å². The van der Waals surface area contributed by atoms with Gasteiger partial charge in [0.2, 0.25) is 5.95 Å². The Morgan fingerprint density at radius 3 is 2.56 bits per heavy atom. The standard InChI is InChI=1S/C9H16N4O2S/c1-5(7(14)15-4)6(2)16-9-12-11-8(10)13(9)3/h5-6H,1-4H3,(H2,10,11). The van der Waals surface area contributed by atoms with Crippen molar-refractivity contribution < 1.29 is 9.53 Å². The Labute approximate surface area is 98.6 Å². The maximum absolute atomic E-state index is 11.3. The highest BCUT2D eigenvalue weighted by Crippen LogP contribution is 2.27. The van der Waals surface area contributed by atoms with Crippen molar-refractivity contribution in [2.75, 3.05) is 12.8 Å². The number of esters is 1. The second-order valence-corrected chi connectivity index (χ2v) is 4.88. The summed E-state index contributed by atoms with van der Waals surface area (Å²) in [6, 6.07) is 0. The van der Waals surface area contributed by atoms with E-state index in [1.54, 1.807) is 11.6 Å². The molecule has 1 rings (SSSR count). The van der Waals surface area contributed by atoms with Gasteiger partial charge in [0.05, 0.1) is 13.0 Å². The van der Waals surface area contributed by atoms with Crippen LogP contribution < -0.4 is 5.73 Å². The van der Waals surface area contributed by atoms with Gasteiger partial charge in [0.25, 0.3) is 0 Å². The lowest BCUT2D eigenvalue weighted by molar-refractivity contribution is -0.144. The van der Waals surface area contributed by atoms with Crippen LogP contribution in [-0.4, -0.2) is 33.1 Å². The first-order valence-electron chi connectivity index (χ1n) is 4.86. The van der Waals surface area contributed by atoms with Crippen LogP contribution in [-0.2, 0) is 16.6 Å². The number of ether oxygens (including phenoxy) is 1. The first kappa shape index (κ1) is 12.8. The van der Waals surface area contributed by atoms with Gasteiger partial charge >= 0.3 is 5.97 Å². The van der Waals surface area contributed by atoms with Crippen LogP contribution in [0.5, 0.6) is 0 Å². The van der Waals surface area contributed by atoms with E-state index >= 15 is 0 Å². The molecule has 0 aliphatic heterocycles. The van der Waals surface area contributed by atoms with Crippen LogP contribution in [0.2, 0.25) is 0 Å². The molecule has 1 aromatic heterocycles. The second kappa shape index (κ2) is 5.20. The molecule has 1 heterocycles. The number of thioether (sulfide) groups is 1. The molecule has 7 heteroatoms. The Balaban J connectivity index is 2.67. The number of nitrogens with zero attached hydrogens (tertiary/aromatic N) is 3. The molecular formula is C9H16N4O2S. The lowest BCUT2D eigenvalue weighted by Gasteiger charge is -2.16. The van der Waals surface area contributed by atoms with E-state index in [1.165, 1.54) is 18.9 Å².